The first-order valence-corrected chi connectivity index (χ1v) is 10.8. The molecule has 2 heterocycles. The molecular weight excluding hydrogens is 250 g/mol. The summed E-state index contributed by atoms with van der Waals surface area (Å²) in [7, 11) is -1.59. The Morgan fingerprint density at radius 3 is 2.68 bits per heavy atom. The molecule has 0 radical (unpaired) electrons. The second-order valence-corrected chi connectivity index (χ2v) is 12.5. The number of piperidine rings is 1. The van der Waals surface area contributed by atoms with E-state index in [0.717, 1.165) is 6.61 Å². The average molecular weight is 282 g/mol. The van der Waals surface area contributed by atoms with E-state index in [-0.39, 0.29) is 0 Å². The maximum absolute atomic E-state index is 6.37. The maximum atomic E-state index is 6.37. The highest BCUT2D eigenvalue weighted by atomic mass is 28.4. The minimum Gasteiger partial charge on any atom is -0.413 e. The quantitative estimate of drug-likeness (QED) is 0.568. The molecule has 1 fully saturated rings. The van der Waals surface area contributed by atoms with Gasteiger partial charge in [0.2, 0.25) is 0 Å². The van der Waals surface area contributed by atoms with Crippen molar-refractivity contribution < 1.29 is 4.43 Å². The number of nitrogens with zero attached hydrogens (tertiary/aromatic N) is 1. The van der Waals surface area contributed by atoms with Crippen LogP contribution in [0.25, 0.3) is 0 Å². The molecule has 110 valence electrons. The molecule has 0 spiro atoms. The Hall–Kier alpha value is -0.123. The Labute approximate surface area is 120 Å². The normalized spacial score (nSPS) is 25.9. The fourth-order valence-corrected chi connectivity index (χ4v) is 3.71. The van der Waals surface area contributed by atoms with Crippen LogP contribution < -0.4 is 0 Å². The van der Waals surface area contributed by atoms with E-state index in [1.54, 1.807) is 5.57 Å². The molecule has 0 aliphatic carbocycles. The molecule has 2 nitrogen and oxygen atoms in total. The van der Waals surface area contributed by atoms with Crippen LogP contribution in [0.15, 0.2) is 11.6 Å². The van der Waals surface area contributed by atoms with E-state index in [9.17, 15) is 0 Å². The van der Waals surface area contributed by atoms with Gasteiger partial charge in [-0.25, -0.2) is 0 Å². The smallest absolute Gasteiger partial charge is 0.192 e. The topological polar surface area (TPSA) is 12.5 Å². The van der Waals surface area contributed by atoms with Crippen molar-refractivity contribution in [2.45, 2.75) is 70.6 Å². The molecule has 19 heavy (non-hydrogen) atoms. The molecule has 2 aliphatic rings. The molecular formula is C16H31NOSi. The highest BCUT2D eigenvalue weighted by Crippen LogP contribution is 2.37. The molecule has 0 aromatic rings. The molecule has 1 atom stereocenters. The van der Waals surface area contributed by atoms with E-state index in [4.69, 9.17) is 4.43 Å². The molecule has 0 aromatic heterocycles. The summed E-state index contributed by atoms with van der Waals surface area (Å²) >= 11 is 0. The zero-order chi connectivity index (χ0) is 14.1. The minimum absolute atomic E-state index is 0.319. The zero-order valence-electron chi connectivity index (χ0n) is 13.5. The van der Waals surface area contributed by atoms with E-state index < -0.39 is 8.32 Å². The molecule has 2 rings (SSSR count). The Morgan fingerprint density at radius 2 is 2.00 bits per heavy atom. The van der Waals surface area contributed by atoms with Crippen LogP contribution >= 0.6 is 0 Å². The number of fused-ring (bicyclic) bond motifs is 1. The standard InChI is InChI=1S/C16H31NOSi/c1-16(2,3)19(4,5)18-13-14-9-11-17-10-7-6-8-15(17)12-14/h12,15H,6-11,13H2,1-5H3/t15-/m1/s1. The first-order chi connectivity index (χ1) is 8.79. The fraction of sp³-hybridized carbons (Fsp3) is 0.875. The van der Waals surface area contributed by atoms with Gasteiger partial charge in [-0.05, 0) is 49.5 Å². The molecule has 0 N–H and O–H groups in total. The van der Waals surface area contributed by atoms with Crippen LogP contribution in [-0.2, 0) is 4.43 Å². The summed E-state index contributed by atoms with van der Waals surface area (Å²) in [5.41, 5.74) is 1.55. The van der Waals surface area contributed by atoms with Crippen LogP contribution in [0.3, 0.4) is 0 Å². The SMILES string of the molecule is CC(C)(C)[Si](C)(C)OCC1=C[C@H]2CCCCN2CC1. The van der Waals surface area contributed by atoms with Crippen LogP contribution in [0.2, 0.25) is 18.1 Å². The lowest BCUT2D eigenvalue weighted by Crippen LogP contribution is -2.44. The molecule has 0 aromatic carbocycles. The van der Waals surface area contributed by atoms with Gasteiger partial charge in [0.1, 0.15) is 0 Å². The predicted octanol–water partition coefficient (Wildman–Crippen LogP) is 4.19. The van der Waals surface area contributed by atoms with E-state index >= 15 is 0 Å². The summed E-state index contributed by atoms with van der Waals surface area (Å²) in [6.45, 7) is 15.1. The van der Waals surface area contributed by atoms with Gasteiger partial charge in [-0.1, -0.05) is 33.3 Å². The summed E-state index contributed by atoms with van der Waals surface area (Å²) in [5.74, 6) is 0. The van der Waals surface area contributed by atoms with E-state index in [0.29, 0.717) is 11.1 Å². The zero-order valence-corrected chi connectivity index (χ0v) is 14.5. The predicted molar refractivity (Wildman–Crippen MR) is 85.1 cm³/mol. The molecule has 3 heteroatoms. The van der Waals surface area contributed by atoms with Crippen molar-refractivity contribution in [1.82, 2.24) is 4.90 Å². The number of hydrogen-bond donors (Lipinski definition) is 0. The van der Waals surface area contributed by atoms with E-state index in [1.807, 2.05) is 0 Å². The van der Waals surface area contributed by atoms with E-state index in [2.05, 4.69) is 44.8 Å². The van der Waals surface area contributed by atoms with Gasteiger partial charge >= 0.3 is 0 Å². The Morgan fingerprint density at radius 1 is 1.26 bits per heavy atom. The second kappa shape index (κ2) is 5.70. The first-order valence-electron chi connectivity index (χ1n) is 7.87. The van der Waals surface area contributed by atoms with Crippen LogP contribution in [0.4, 0.5) is 0 Å². The summed E-state index contributed by atoms with van der Waals surface area (Å²) in [5, 5.41) is 0.319. The number of rotatable bonds is 3. The van der Waals surface area contributed by atoms with Crippen molar-refractivity contribution >= 4 is 8.32 Å². The van der Waals surface area contributed by atoms with Gasteiger partial charge in [0.25, 0.3) is 0 Å². The monoisotopic (exact) mass is 281 g/mol. The van der Waals surface area contributed by atoms with Crippen LogP contribution in [-0.4, -0.2) is 39.0 Å². The molecule has 0 amide bonds. The van der Waals surface area contributed by atoms with Gasteiger partial charge in [0, 0.05) is 12.6 Å². The molecule has 2 aliphatic heterocycles. The van der Waals surface area contributed by atoms with Crippen molar-refractivity contribution in [3.63, 3.8) is 0 Å². The van der Waals surface area contributed by atoms with Crippen molar-refractivity contribution in [3.8, 4) is 0 Å². The van der Waals surface area contributed by atoms with Gasteiger partial charge in [-0.2, -0.15) is 0 Å². The highest BCUT2D eigenvalue weighted by Gasteiger charge is 2.37. The third-order valence-electron chi connectivity index (χ3n) is 5.24. The molecule has 0 unspecified atom stereocenters. The third kappa shape index (κ3) is 3.70. The summed E-state index contributed by atoms with van der Waals surface area (Å²) in [4.78, 5) is 2.65. The minimum atomic E-state index is -1.59. The lowest BCUT2D eigenvalue weighted by molar-refractivity contribution is 0.166. The number of hydrogen-bond acceptors (Lipinski definition) is 2. The lowest BCUT2D eigenvalue weighted by atomic mass is 9.95. The van der Waals surface area contributed by atoms with Crippen LogP contribution in [0.5, 0.6) is 0 Å². The van der Waals surface area contributed by atoms with Gasteiger partial charge in [0.05, 0.1) is 6.61 Å². The first kappa shape index (κ1) is 15.3. The van der Waals surface area contributed by atoms with Crippen molar-refractivity contribution in [1.29, 1.82) is 0 Å². The fourth-order valence-electron chi connectivity index (χ4n) is 2.74. The van der Waals surface area contributed by atoms with Gasteiger partial charge in [-0.15, -0.1) is 0 Å². The van der Waals surface area contributed by atoms with Gasteiger partial charge in [-0.3, -0.25) is 4.90 Å². The Balaban J connectivity index is 1.92. The van der Waals surface area contributed by atoms with E-state index in [1.165, 1.54) is 38.8 Å². The molecule has 0 saturated carbocycles. The van der Waals surface area contributed by atoms with Crippen molar-refractivity contribution in [2.24, 2.45) is 0 Å². The van der Waals surface area contributed by atoms with Gasteiger partial charge < -0.3 is 4.43 Å². The summed E-state index contributed by atoms with van der Waals surface area (Å²) in [6, 6.07) is 0.709. The average Bonchev–Trinajstić information content (AvgIpc) is 2.35. The summed E-state index contributed by atoms with van der Waals surface area (Å²) < 4.78 is 6.37. The van der Waals surface area contributed by atoms with Crippen LogP contribution in [0, 0.1) is 0 Å². The molecule has 0 bridgehead atoms. The van der Waals surface area contributed by atoms with Gasteiger partial charge in [0.15, 0.2) is 8.32 Å². The van der Waals surface area contributed by atoms with Crippen molar-refractivity contribution in [3.05, 3.63) is 11.6 Å². The highest BCUT2D eigenvalue weighted by molar-refractivity contribution is 6.74. The Kier molecular flexibility index (Phi) is 4.58. The summed E-state index contributed by atoms with van der Waals surface area (Å²) in [6.07, 6.45) is 7.86. The second-order valence-electron chi connectivity index (χ2n) is 7.72. The maximum Gasteiger partial charge on any atom is 0.192 e. The largest absolute Gasteiger partial charge is 0.413 e. The third-order valence-corrected chi connectivity index (χ3v) is 9.72. The van der Waals surface area contributed by atoms with Crippen LogP contribution in [0.1, 0.15) is 46.5 Å². The van der Waals surface area contributed by atoms with Crippen molar-refractivity contribution in [2.75, 3.05) is 19.7 Å². The Bertz CT molecular complexity index is 343. The lowest BCUT2D eigenvalue weighted by Gasteiger charge is -2.40. The molecule has 1 saturated heterocycles.